The maximum atomic E-state index is 2.52. The van der Waals surface area contributed by atoms with E-state index in [1.165, 1.54) is 223 Å². The van der Waals surface area contributed by atoms with Crippen molar-refractivity contribution in [3.8, 4) is 55.6 Å². The van der Waals surface area contributed by atoms with E-state index in [0.29, 0.717) is 0 Å². The third kappa shape index (κ3) is 7.64. The fourth-order valence-electron chi connectivity index (χ4n) is 16.7. The third-order valence-corrected chi connectivity index (χ3v) is 25.7. The molecule has 18 aromatic carbocycles. The molecule has 0 nitrogen and oxygen atoms in total. The summed E-state index contributed by atoms with van der Waals surface area (Å²) >= 11 is 7.72. The van der Waals surface area contributed by atoms with E-state index in [9.17, 15) is 0 Å². The van der Waals surface area contributed by atoms with Crippen molar-refractivity contribution in [1.82, 2.24) is 0 Å². The summed E-state index contributed by atoms with van der Waals surface area (Å²) in [5.41, 5.74) is 12.6. The molecule has 96 heavy (non-hydrogen) atoms. The van der Waals surface area contributed by atoms with Gasteiger partial charge in [-0.15, -0.1) is 45.3 Å². The zero-order valence-corrected chi connectivity index (χ0v) is 54.8. The molecule has 0 bridgehead atoms. The van der Waals surface area contributed by atoms with E-state index in [4.69, 9.17) is 0 Å². The Hall–Kier alpha value is -11.1. The minimum atomic E-state index is 1.22. The largest absolute Gasteiger partial charge is 0.135 e. The van der Waals surface area contributed by atoms with Crippen LogP contribution in [-0.2, 0) is 0 Å². The topological polar surface area (TPSA) is 0 Å². The Bertz CT molecular complexity index is 7090. The number of hydrogen-bond donors (Lipinski definition) is 0. The number of thiophene rings is 4. The predicted molar refractivity (Wildman–Crippen MR) is 425 cm³/mol. The molecule has 442 valence electrons. The third-order valence-electron chi connectivity index (χ3n) is 20.9. The highest BCUT2D eigenvalue weighted by atomic mass is 32.1. The molecule has 0 N–H and O–H groups in total. The van der Waals surface area contributed by atoms with Crippen LogP contribution in [0.25, 0.3) is 223 Å². The summed E-state index contributed by atoms with van der Waals surface area (Å²) in [6.45, 7) is 0. The molecule has 0 spiro atoms. The van der Waals surface area contributed by atoms with Crippen LogP contribution in [0.5, 0.6) is 0 Å². The second-order valence-electron chi connectivity index (χ2n) is 26.0. The van der Waals surface area contributed by atoms with E-state index in [1.54, 1.807) is 0 Å². The van der Waals surface area contributed by atoms with Gasteiger partial charge in [0.2, 0.25) is 0 Å². The van der Waals surface area contributed by atoms with Gasteiger partial charge in [-0.3, -0.25) is 0 Å². The minimum absolute atomic E-state index is 1.22. The molecule has 0 fully saturated rings. The number of rotatable bonds is 5. The standard InChI is InChI=1S/C92H50S4/c1-2-18-52-44-57(37-33-51(52)17-1)84-62-21-3-5-23-64(62)86(65-24-6-4-22-63(65)84)59-39-41-72-82(47-59)96-91-71-30-12-11-29-70(71)88-78-46-56(40-42-81(78)95-92(88)89(72)91)54-34-35-55-45-58(38-36-53(55)43-54)85-66-25-7-9-27-68(66)87(69-28-10-8-26-67(69)85)75-49-76-61-20-14-16-32-80(61)94-90(76)77-50-83-74(48-73(75)77)60-19-13-15-31-79(60)93-83/h1-50H. The highest BCUT2D eigenvalue weighted by molar-refractivity contribution is 7.30. The van der Waals surface area contributed by atoms with Gasteiger partial charge in [0.15, 0.2) is 0 Å². The van der Waals surface area contributed by atoms with Gasteiger partial charge in [0.05, 0.1) is 0 Å². The Balaban J connectivity index is 0.669. The van der Waals surface area contributed by atoms with Crippen LogP contribution in [-0.4, -0.2) is 0 Å². The first-order valence-corrected chi connectivity index (χ1v) is 36.2. The molecular weight excluding hydrogens is 1230 g/mol. The zero-order valence-electron chi connectivity index (χ0n) is 51.5. The predicted octanol–water partition coefficient (Wildman–Crippen LogP) is 28.7. The lowest BCUT2D eigenvalue weighted by Gasteiger charge is -2.19. The molecule has 0 saturated heterocycles. The lowest BCUT2D eigenvalue weighted by molar-refractivity contribution is 1.67. The van der Waals surface area contributed by atoms with Gasteiger partial charge in [-0.1, -0.05) is 237 Å². The quantitative estimate of drug-likeness (QED) is 0.151. The second kappa shape index (κ2) is 20.2. The molecule has 4 heterocycles. The molecule has 0 radical (unpaired) electrons. The molecule has 0 unspecified atom stereocenters. The van der Waals surface area contributed by atoms with Crippen LogP contribution in [0, 0.1) is 0 Å². The highest BCUT2D eigenvalue weighted by Gasteiger charge is 2.25. The Labute approximate surface area is 566 Å². The van der Waals surface area contributed by atoms with Crippen LogP contribution in [0.4, 0.5) is 0 Å². The van der Waals surface area contributed by atoms with Crippen LogP contribution in [0.1, 0.15) is 0 Å². The molecule has 22 rings (SSSR count). The summed E-state index contributed by atoms with van der Waals surface area (Å²) in [4.78, 5) is 0. The Morgan fingerprint density at radius 3 is 1.20 bits per heavy atom. The van der Waals surface area contributed by atoms with Crippen molar-refractivity contribution in [3.63, 3.8) is 0 Å². The van der Waals surface area contributed by atoms with Crippen LogP contribution in [0.3, 0.4) is 0 Å². The number of fused-ring (bicyclic) bond motifs is 24. The van der Waals surface area contributed by atoms with Gasteiger partial charge in [0.25, 0.3) is 0 Å². The van der Waals surface area contributed by atoms with E-state index in [-0.39, 0.29) is 0 Å². The summed E-state index contributed by atoms with van der Waals surface area (Å²) < 4.78 is 10.7. The summed E-state index contributed by atoms with van der Waals surface area (Å²) in [5, 5.41) is 31.0. The normalized spacial score (nSPS) is 12.4. The highest BCUT2D eigenvalue weighted by Crippen LogP contribution is 2.54. The molecular formula is C92H50S4. The first kappa shape index (κ1) is 53.3. The van der Waals surface area contributed by atoms with Crippen molar-refractivity contribution < 1.29 is 0 Å². The van der Waals surface area contributed by atoms with Gasteiger partial charge in [0.1, 0.15) is 0 Å². The SMILES string of the molecule is c1ccc2cc(-c3c4ccccc4c(-c4ccc5c(c4)sc4c6ccccc6c6c7cc(-c8ccc9cc(-c%10c%11ccccc%11c(-c%11cc%12c%13ccccc%13sc%12c%12cc%13sc%14ccccc%14c%13cc%11%12)c%11ccccc%10%11)ccc9c8)ccc7sc6c54)c4ccccc34)ccc2c1. The van der Waals surface area contributed by atoms with Crippen molar-refractivity contribution in [2.75, 3.05) is 0 Å². The van der Waals surface area contributed by atoms with Gasteiger partial charge >= 0.3 is 0 Å². The van der Waals surface area contributed by atoms with E-state index < -0.39 is 0 Å². The number of benzene rings is 18. The molecule has 22 aromatic rings. The van der Waals surface area contributed by atoms with Crippen molar-refractivity contribution in [1.29, 1.82) is 0 Å². The first-order chi connectivity index (χ1) is 47.6. The van der Waals surface area contributed by atoms with E-state index in [2.05, 4.69) is 303 Å². The van der Waals surface area contributed by atoms with Crippen LogP contribution < -0.4 is 0 Å². The maximum absolute atomic E-state index is 2.52. The van der Waals surface area contributed by atoms with Crippen molar-refractivity contribution in [2.45, 2.75) is 0 Å². The van der Waals surface area contributed by atoms with E-state index in [0.717, 1.165) is 0 Å². The van der Waals surface area contributed by atoms with Crippen molar-refractivity contribution >= 4 is 212 Å². The minimum Gasteiger partial charge on any atom is -0.135 e. The molecule has 4 heteroatoms. The average Bonchev–Trinajstić information content (AvgIpc) is 1.49. The Morgan fingerprint density at radius 2 is 0.562 bits per heavy atom. The monoisotopic (exact) mass is 1280 g/mol. The lowest BCUT2D eigenvalue weighted by Crippen LogP contribution is -1.92. The molecule has 0 atom stereocenters. The molecule has 0 aliphatic carbocycles. The Morgan fingerprint density at radius 1 is 0.156 bits per heavy atom. The van der Waals surface area contributed by atoms with Gasteiger partial charge in [-0.05, 0) is 198 Å². The average molecular weight is 1280 g/mol. The van der Waals surface area contributed by atoms with Gasteiger partial charge in [-0.25, -0.2) is 0 Å². The second-order valence-corrected chi connectivity index (χ2v) is 30.2. The zero-order chi connectivity index (χ0) is 62.4. The Kier molecular flexibility index (Phi) is 11.2. The first-order valence-electron chi connectivity index (χ1n) is 32.9. The number of hydrogen-bond acceptors (Lipinski definition) is 4. The molecule has 0 amide bonds. The van der Waals surface area contributed by atoms with Crippen molar-refractivity contribution in [3.05, 3.63) is 303 Å². The fourth-order valence-corrected chi connectivity index (χ4v) is 21.7. The molecule has 0 saturated carbocycles. The maximum Gasteiger partial charge on any atom is 0.0455 e. The van der Waals surface area contributed by atoms with Gasteiger partial charge in [0, 0.05) is 91.5 Å². The summed E-state index contributed by atoms with van der Waals surface area (Å²) in [6.07, 6.45) is 0. The van der Waals surface area contributed by atoms with Gasteiger partial charge in [-0.2, -0.15) is 0 Å². The van der Waals surface area contributed by atoms with E-state index in [1.807, 2.05) is 45.3 Å². The summed E-state index contributed by atoms with van der Waals surface area (Å²) in [5.74, 6) is 0. The fraction of sp³-hybridized carbons (Fsp3) is 0. The van der Waals surface area contributed by atoms with Crippen molar-refractivity contribution in [2.24, 2.45) is 0 Å². The van der Waals surface area contributed by atoms with Crippen LogP contribution in [0.15, 0.2) is 303 Å². The van der Waals surface area contributed by atoms with E-state index >= 15 is 0 Å². The molecule has 0 aliphatic rings. The van der Waals surface area contributed by atoms with Crippen LogP contribution >= 0.6 is 45.3 Å². The smallest absolute Gasteiger partial charge is 0.0455 e. The summed E-state index contributed by atoms with van der Waals surface area (Å²) in [6, 6.07) is 115. The lowest BCUT2D eigenvalue weighted by atomic mass is 9.83. The van der Waals surface area contributed by atoms with Gasteiger partial charge < -0.3 is 0 Å². The molecule has 0 aliphatic heterocycles. The van der Waals surface area contributed by atoms with Crippen LogP contribution in [0.2, 0.25) is 0 Å². The summed E-state index contributed by atoms with van der Waals surface area (Å²) in [7, 11) is 0. The molecule has 4 aromatic heterocycles.